The summed E-state index contributed by atoms with van der Waals surface area (Å²) < 4.78 is 32.5. The molecule has 0 aromatic heterocycles. The summed E-state index contributed by atoms with van der Waals surface area (Å²) >= 11 is 0. The highest BCUT2D eigenvalue weighted by atomic mass is 19.3. The fourth-order valence-electron chi connectivity index (χ4n) is 2.95. The van der Waals surface area contributed by atoms with Crippen LogP contribution < -0.4 is 9.64 Å². The molecular weight excluding hydrogens is 272 g/mol. The third kappa shape index (κ3) is 2.58. The van der Waals surface area contributed by atoms with E-state index in [0.717, 1.165) is 23.2 Å². The second-order valence-corrected chi connectivity index (χ2v) is 5.12. The summed E-state index contributed by atoms with van der Waals surface area (Å²) in [6.07, 6.45) is -1.66. The summed E-state index contributed by atoms with van der Waals surface area (Å²) in [6, 6.07) is 13.9. The molecule has 0 saturated carbocycles. The second-order valence-electron chi connectivity index (χ2n) is 5.12. The highest BCUT2D eigenvalue weighted by molar-refractivity contribution is 5.55. The van der Waals surface area contributed by atoms with Crippen molar-refractivity contribution in [2.45, 2.75) is 18.9 Å². The highest BCUT2D eigenvalue weighted by Gasteiger charge is 2.34. The molecule has 2 aromatic rings. The van der Waals surface area contributed by atoms with Gasteiger partial charge in [-0.15, -0.1) is 0 Å². The third-order valence-corrected chi connectivity index (χ3v) is 3.96. The number of nitrogens with zero attached hydrogens (tertiary/aromatic N) is 1. The molecule has 1 aliphatic rings. The largest absolute Gasteiger partial charge is 0.497 e. The second kappa shape index (κ2) is 5.72. The van der Waals surface area contributed by atoms with Gasteiger partial charge >= 0.3 is 0 Å². The summed E-state index contributed by atoms with van der Waals surface area (Å²) in [4.78, 5) is 1.77. The van der Waals surface area contributed by atoms with Gasteiger partial charge in [-0.25, -0.2) is 8.78 Å². The minimum atomic E-state index is -2.43. The first-order chi connectivity index (χ1) is 10.2. The van der Waals surface area contributed by atoms with Crippen molar-refractivity contribution in [3.05, 3.63) is 59.7 Å². The monoisotopic (exact) mass is 289 g/mol. The normalized spacial score (nSPS) is 17.7. The van der Waals surface area contributed by atoms with Gasteiger partial charge < -0.3 is 9.64 Å². The van der Waals surface area contributed by atoms with Gasteiger partial charge in [-0.3, -0.25) is 0 Å². The van der Waals surface area contributed by atoms with E-state index in [1.807, 2.05) is 42.5 Å². The van der Waals surface area contributed by atoms with Crippen LogP contribution in [0.3, 0.4) is 0 Å². The van der Waals surface area contributed by atoms with Gasteiger partial charge in [0.2, 0.25) is 0 Å². The van der Waals surface area contributed by atoms with Crippen LogP contribution in [0, 0.1) is 0 Å². The number of methoxy groups -OCH3 is 1. The zero-order chi connectivity index (χ0) is 14.8. The van der Waals surface area contributed by atoms with Crippen molar-refractivity contribution in [2.24, 2.45) is 0 Å². The predicted molar refractivity (Wildman–Crippen MR) is 79.2 cm³/mol. The summed E-state index contributed by atoms with van der Waals surface area (Å²) in [5.74, 6) is 0.680. The quantitative estimate of drug-likeness (QED) is 0.844. The minimum Gasteiger partial charge on any atom is -0.497 e. The molecule has 0 spiro atoms. The van der Waals surface area contributed by atoms with E-state index in [1.165, 1.54) is 0 Å². The molecule has 1 atom stereocenters. The molecular formula is C17H17F2NO. The third-order valence-electron chi connectivity index (χ3n) is 3.96. The van der Waals surface area contributed by atoms with E-state index in [2.05, 4.69) is 0 Å². The molecule has 2 nitrogen and oxygen atoms in total. The molecule has 0 N–H and O–H groups in total. The molecule has 0 radical (unpaired) electrons. The molecule has 1 aliphatic heterocycles. The van der Waals surface area contributed by atoms with Crippen LogP contribution in [-0.2, 0) is 6.42 Å². The Morgan fingerprint density at radius 3 is 2.71 bits per heavy atom. The van der Waals surface area contributed by atoms with Gasteiger partial charge in [-0.2, -0.15) is 0 Å². The first-order valence-electron chi connectivity index (χ1n) is 6.97. The molecule has 0 aliphatic carbocycles. The molecule has 4 heteroatoms. The molecule has 0 amide bonds. The van der Waals surface area contributed by atoms with E-state index < -0.39 is 12.5 Å². The van der Waals surface area contributed by atoms with Crippen LogP contribution in [0.5, 0.6) is 5.75 Å². The van der Waals surface area contributed by atoms with Crippen molar-refractivity contribution in [1.29, 1.82) is 0 Å². The Labute approximate surface area is 123 Å². The zero-order valence-corrected chi connectivity index (χ0v) is 11.8. The molecule has 2 aromatic carbocycles. The van der Waals surface area contributed by atoms with E-state index in [-0.39, 0.29) is 0 Å². The molecule has 1 heterocycles. The molecule has 21 heavy (non-hydrogen) atoms. The van der Waals surface area contributed by atoms with Gasteiger partial charge in [-0.1, -0.05) is 30.3 Å². The Hall–Kier alpha value is -2.10. The minimum absolute atomic E-state index is 0.583. The van der Waals surface area contributed by atoms with Gasteiger partial charge in [0.05, 0.1) is 7.11 Å². The van der Waals surface area contributed by atoms with Gasteiger partial charge in [0, 0.05) is 18.3 Å². The first-order valence-corrected chi connectivity index (χ1v) is 6.97. The van der Waals surface area contributed by atoms with Crippen LogP contribution in [0.4, 0.5) is 14.5 Å². The number of fused-ring (bicyclic) bond motifs is 1. The summed E-state index contributed by atoms with van der Waals surface area (Å²) in [6.45, 7) is 0.583. The van der Waals surface area contributed by atoms with Crippen LogP contribution in [-0.4, -0.2) is 20.1 Å². The number of rotatable bonds is 3. The SMILES string of the molecule is COc1cccc(N2CCc3ccccc3C2C(F)F)c1. The lowest BCUT2D eigenvalue weighted by Gasteiger charge is -2.38. The first kappa shape index (κ1) is 13.9. The maximum absolute atomic E-state index is 13.6. The number of alkyl halides is 2. The highest BCUT2D eigenvalue weighted by Crippen LogP contribution is 2.38. The van der Waals surface area contributed by atoms with Crippen LogP contribution in [0.15, 0.2) is 48.5 Å². The summed E-state index contributed by atoms with van der Waals surface area (Å²) in [5.41, 5.74) is 2.51. The maximum Gasteiger partial charge on any atom is 0.262 e. The number of ether oxygens (including phenoxy) is 1. The lowest BCUT2D eigenvalue weighted by molar-refractivity contribution is 0.109. The Kier molecular flexibility index (Phi) is 3.78. The number of hydrogen-bond acceptors (Lipinski definition) is 2. The molecule has 0 fully saturated rings. The van der Waals surface area contributed by atoms with Gasteiger partial charge in [0.15, 0.2) is 0 Å². The average Bonchev–Trinajstić information content (AvgIpc) is 2.53. The Morgan fingerprint density at radius 1 is 1.14 bits per heavy atom. The van der Waals surface area contributed by atoms with Crippen LogP contribution in [0.2, 0.25) is 0 Å². The van der Waals surface area contributed by atoms with Crippen LogP contribution >= 0.6 is 0 Å². The van der Waals surface area contributed by atoms with Gasteiger partial charge in [-0.05, 0) is 29.7 Å². The van der Waals surface area contributed by atoms with E-state index in [1.54, 1.807) is 18.1 Å². The lowest BCUT2D eigenvalue weighted by Crippen LogP contribution is -2.39. The number of benzene rings is 2. The zero-order valence-electron chi connectivity index (χ0n) is 11.8. The molecule has 0 bridgehead atoms. The van der Waals surface area contributed by atoms with Crippen LogP contribution in [0.25, 0.3) is 0 Å². The average molecular weight is 289 g/mol. The van der Waals surface area contributed by atoms with E-state index >= 15 is 0 Å². The molecule has 110 valence electrons. The van der Waals surface area contributed by atoms with E-state index in [0.29, 0.717) is 12.3 Å². The fourth-order valence-corrected chi connectivity index (χ4v) is 2.95. The molecule has 3 rings (SSSR count). The number of halogens is 2. The molecule has 0 saturated heterocycles. The number of anilines is 1. The van der Waals surface area contributed by atoms with Crippen molar-refractivity contribution >= 4 is 5.69 Å². The van der Waals surface area contributed by atoms with E-state index in [9.17, 15) is 8.78 Å². The fraction of sp³-hybridized carbons (Fsp3) is 0.294. The maximum atomic E-state index is 13.6. The van der Waals surface area contributed by atoms with Crippen molar-refractivity contribution in [3.8, 4) is 5.75 Å². The van der Waals surface area contributed by atoms with Gasteiger partial charge in [0.25, 0.3) is 6.43 Å². The summed E-state index contributed by atoms with van der Waals surface area (Å²) in [5, 5.41) is 0. The Morgan fingerprint density at radius 2 is 1.95 bits per heavy atom. The Balaban J connectivity index is 2.02. The predicted octanol–water partition coefficient (Wildman–Crippen LogP) is 4.06. The van der Waals surface area contributed by atoms with Crippen molar-refractivity contribution in [1.82, 2.24) is 0 Å². The topological polar surface area (TPSA) is 12.5 Å². The smallest absolute Gasteiger partial charge is 0.262 e. The van der Waals surface area contributed by atoms with Crippen molar-refractivity contribution in [3.63, 3.8) is 0 Å². The van der Waals surface area contributed by atoms with Gasteiger partial charge in [0.1, 0.15) is 11.8 Å². The Bertz CT molecular complexity index is 630. The van der Waals surface area contributed by atoms with E-state index in [4.69, 9.17) is 4.74 Å². The molecule has 1 unspecified atom stereocenters. The summed E-state index contributed by atoms with van der Waals surface area (Å²) in [7, 11) is 1.58. The standard InChI is InChI=1S/C17H17F2NO/c1-21-14-7-4-6-13(11-14)20-10-9-12-5-2-3-8-15(12)16(20)17(18)19/h2-8,11,16-17H,9-10H2,1H3. The lowest BCUT2D eigenvalue weighted by atomic mass is 9.92. The number of hydrogen-bond donors (Lipinski definition) is 0. The van der Waals surface area contributed by atoms with Crippen molar-refractivity contribution in [2.75, 3.05) is 18.6 Å². The van der Waals surface area contributed by atoms with Crippen LogP contribution in [0.1, 0.15) is 17.2 Å². The van der Waals surface area contributed by atoms with Crippen molar-refractivity contribution < 1.29 is 13.5 Å².